The van der Waals surface area contributed by atoms with Gasteiger partial charge in [-0.15, -0.1) is 11.8 Å². The minimum absolute atomic E-state index is 0.235. The average Bonchev–Trinajstić information content (AvgIpc) is 2.97. The predicted molar refractivity (Wildman–Crippen MR) is 80.2 cm³/mol. The van der Waals surface area contributed by atoms with Gasteiger partial charge in [0.1, 0.15) is 11.3 Å². The lowest BCUT2D eigenvalue weighted by atomic mass is 10.2. The van der Waals surface area contributed by atoms with Gasteiger partial charge in [0.25, 0.3) is 5.91 Å². The minimum Gasteiger partial charge on any atom is -0.496 e. The molecule has 8 heteroatoms. The van der Waals surface area contributed by atoms with Crippen LogP contribution in [-0.4, -0.2) is 55.9 Å². The highest BCUT2D eigenvalue weighted by atomic mass is 32.2. The molecular formula is C14H16N2O5S. The number of thioether (sulfide) groups is 1. The van der Waals surface area contributed by atoms with Gasteiger partial charge in [0.2, 0.25) is 0 Å². The summed E-state index contributed by atoms with van der Waals surface area (Å²) in [5.74, 6) is -0.844. The van der Waals surface area contributed by atoms with Gasteiger partial charge >= 0.3 is 12.0 Å². The van der Waals surface area contributed by atoms with Crippen LogP contribution < -0.4 is 10.1 Å². The molecule has 1 fully saturated rings. The number of imide groups is 1. The fourth-order valence-corrected chi connectivity index (χ4v) is 2.39. The summed E-state index contributed by atoms with van der Waals surface area (Å²) in [4.78, 5) is 37.1. The van der Waals surface area contributed by atoms with Crippen LogP contribution in [0.2, 0.25) is 0 Å². The van der Waals surface area contributed by atoms with Crippen molar-refractivity contribution in [3.8, 4) is 5.75 Å². The largest absolute Gasteiger partial charge is 0.496 e. The number of carbonyl (C=O) groups excluding carboxylic acids is 3. The number of nitrogens with zero attached hydrogens (tertiary/aromatic N) is 1. The minimum atomic E-state index is -0.669. The lowest BCUT2D eigenvalue weighted by Gasteiger charge is -2.13. The van der Waals surface area contributed by atoms with Crippen LogP contribution in [0.15, 0.2) is 23.1 Å². The third-order valence-corrected chi connectivity index (χ3v) is 3.84. The molecule has 1 aromatic rings. The predicted octanol–water partition coefficient (Wildman–Crippen LogP) is 1.13. The van der Waals surface area contributed by atoms with Crippen molar-refractivity contribution >= 4 is 29.7 Å². The molecular weight excluding hydrogens is 308 g/mol. The molecule has 3 amide bonds. The van der Waals surface area contributed by atoms with E-state index >= 15 is 0 Å². The molecule has 1 aliphatic heterocycles. The molecule has 0 atom stereocenters. The highest BCUT2D eigenvalue weighted by molar-refractivity contribution is 7.98. The molecule has 0 aromatic heterocycles. The van der Waals surface area contributed by atoms with E-state index in [-0.39, 0.29) is 12.1 Å². The number of benzene rings is 1. The third-order valence-electron chi connectivity index (χ3n) is 3.11. The Balaban J connectivity index is 2.00. The maximum atomic E-state index is 12.0. The van der Waals surface area contributed by atoms with E-state index in [1.807, 2.05) is 6.26 Å². The Hall–Kier alpha value is -2.22. The smallest absolute Gasteiger partial charge is 0.342 e. The molecule has 1 aliphatic rings. The first kappa shape index (κ1) is 16.2. The molecule has 0 bridgehead atoms. The zero-order valence-corrected chi connectivity index (χ0v) is 13.1. The first-order valence-corrected chi connectivity index (χ1v) is 7.76. The summed E-state index contributed by atoms with van der Waals surface area (Å²) in [7, 11) is 1.45. The first-order valence-electron chi connectivity index (χ1n) is 6.54. The van der Waals surface area contributed by atoms with E-state index in [0.29, 0.717) is 12.3 Å². The lowest BCUT2D eigenvalue weighted by molar-refractivity contribution is -0.130. The molecule has 0 spiro atoms. The number of hydrogen-bond donors (Lipinski definition) is 1. The normalized spacial score (nSPS) is 13.7. The number of hydrogen-bond acceptors (Lipinski definition) is 6. The number of rotatable bonds is 5. The molecule has 7 nitrogen and oxygen atoms in total. The second kappa shape index (κ2) is 7.17. The summed E-state index contributed by atoms with van der Waals surface area (Å²) in [5.41, 5.74) is 0.235. The molecule has 0 radical (unpaired) electrons. The number of amides is 3. The molecule has 118 valence electrons. The van der Waals surface area contributed by atoms with Gasteiger partial charge in [0.15, 0.2) is 6.61 Å². The van der Waals surface area contributed by atoms with Crippen LogP contribution in [-0.2, 0) is 9.53 Å². The Morgan fingerprint density at radius 2 is 2.18 bits per heavy atom. The number of carbonyl (C=O) groups is 3. The van der Waals surface area contributed by atoms with Gasteiger partial charge < -0.3 is 14.8 Å². The summed E-state index contributed by atoms with van der Waals surface area (Å²) in [6.07, 6.45) is 1.91. The van der Waals surface area contributed by atoms with E-state index in [0.717, 1.165) is 9.80 Å². The van der Waals surface area contributed by atoms with Gasteiger partial charge in [-0.05, 0) is 24.5 Å². The van der Waals surface area contributed by atoms with Crippen LogP contribution in [0.3, 0.4) is 0 Å². The Bertz CT molecular complexity index is 605. The van der Waals surface area contributed by atoms with E-state index in [4.69, 9.17) is 9.47 Å². The maximum Gasteiger partial charge on any atom is 0.342 e. The Kier molecular flexibility index (Phi) is 5.26. The summed E-state index contributed by atoms with van der Waals surface area (Å²) < 4.78 is 10.1. The standard InChI is InChI=1S/C14H16N2O5S/c1-20-11-7-9(22-2)3-4-10(11)13(18)21-8-12(17)16-6-5-15-14(16)19/h3-4,7H,5-6,8H2,1-2H3,(H,15,19). The Labute approximate surface area is 131 Å². The molecule has 1 aromatic carbocycles. The highest BCUT2D eigenvalue weighted by Crippen LogP contribution is 2.25. The zero-order valence-electron chi connectivity index (χ0n) is 12.3. The topological polar surface area (TPSA) is 84.9 Å². The second-order valence-electron chi connectivity index (χ2n) is 4.42. The molecule has 0 saturated carbocycles. The quantitative estimate of drug-likeness (QED) is 0.645. The molecule has 1 saturated heterocycles. The molecule has 1 heterocycles. The van der Waals surface area contributed by atoms with Crippen LogP contribution in [0.1, 0.15) is 10.4 Å². The molecule has 0 unspecified atom stereocenters. The van der Waals surface area contributed by atoms with E-state index in [1.54, 1.807) is 18.2 Å². The van der Waals surface area contributed by atoms with Gasteiger partial charge in [-0.25, -0.2) is 9.59 Å². The van der Waals surface area contributed by atoms with E-state index in [9.17, 15) is 14.4 Å². The summed E-state index contributed by atoms with van der Waals surface area (Å²) in [6, 6.07) is 4.60. The van der Waals surface area contributed by atoms with Gasteiger partial charge in [-0.2, -0.15) is 0 Å². The van der Waals surface area contributed by atoms with Crippen LogP contribution in [0, 0.1) is 0 Å². The van der Waals surface area contributed by atoms with Crippen molar-refractivity contribution in [2.24, 2.45) is 0 Å². The summed E-state index contributed by atoms with van der Waals surface area (Å²) in [5, 5.41) is 2.50. The van der Waals surface area contributed by atoms with Gasteiger partial charge in [0.05, 0.1) is 7.11 Å². The first-order chi connectivity index (χ1) is 10.6. The van der Waals surface area contributed by atoms with Gasteiger partial charge in [-0.3, -0.25) is 9.69 Å². The fraction of sp³-hybridized carbons (Fsp3) is 0.357. The molecule has 0 aliphatic carbocycles. The second-order valence-corrected chi connectivity index (χ2v) is 5.30. The number of urea groups is 1. The zero-order chi connectivity index (χ0) is 16.1. The number of methoxy groups -OCH3 is 1. The number of nitrogens with one attached hydrogen (secondary N) is 1. The van der Waals surface area contributed by atoms with Crippen molar-refractivity contribution in [3.05, 3.63) is 23.8 Å². The number of esters is 1. The molecule has 22 heavy (non-hydrogen) atoms. The Morgan fingerprint density at radius 3 is 2.77 bits per heavy atom. The van der Waals surface area contributed by atoms with Crippen molar-refractivity contribution in [2.45, 2.75) is 4.90 Å². The van der Waals surface area contributed by atoms with Crippen molar-refractivity contribution in [1.82, 2.24) is 10.2 Å². The van der Waals surface area contributed by atoms with Crippen LogP contribution in [0.4, 0.5) is 4.79 Å². The van der Waals surface area contributed by atoms with E-state index < -0.39 is 24.5 Å². The monoisotopic (exact) mass is 324 g/mol. The van der Waals surface area contributed by atoms with Crippen molar-refractivity contribution in [1.29, 1.82) is 0 Å². The van der Waals surface area contributed by atoms with Crippen molar-refractivity contribution < 1.29 is 23.9 Å². The average molecular weight is 324 g/mol. The molecule has 2 rings (SSSR count). The summed E-state index contributed by atoms with van der Waals surface area (Å²) >= 11 is 1.52. The fourth-order valence-electron chi connectivity index (χ4n) is 1.96. The van der Waals surface area contributed by atoms with Crippen molar-refractivity contribution in [3.63, 3.8) is 0 Å². The maximum absolute atomic E-state index is 12.0. The van der Waals surface area contributed by atoms with Gasteiger partial charge in [0, 0.05) is 18.0 Å². The van der Waals surface area contributed by atoms with E-state index in [2.05, 4.69) is 5.32 Å². The number of ether oxygens (including phenoxy) is 2. The lowest BCUT2D eigenvalue weighted by Crippen LogP contribution is -2.37. The van der Waals surface area contributed by atoms with Crippen molar-refractivity contribution in [2.75, 3.05) is 33.1 Å². The summed E-state index contributed by atoms with van der Waals surface area (Å²) in [6.45, 7) is 0.198. The Morgan fingerprint density at radius 1 is 1.41 bits per heavy atom. The highest BCUT2D eigenvalue weighted by Gasteiger charge is 2.27. The molecule has 1 N–H and O–H groups in total. The van der Waals surface area contributed by atoms with Crippen LogP contribution in [0.25, 0.3) is 0 Å². The van der Waals surface area contributed by atoms with Gasteiger partial charge in [-0.1, -0.05) is 0 Å². The third kappa shape index (κ3) is 3.51. The SMILES string of the molecule is COc1cc(SC)ccc1C(=O)OCC(=O)N1CCNC1=O. The van der Waals surface area contributed by atoms with E-state index in [1.165, 1.54) is 18.9 Å². The van der Waals surface area contributed by atoms with Crippen LogP contribution in [0.5, 0.6) is 5.75 Å². The van der Waals surface area contributed by atoms with Crippen LogP contribution >= 0.6 is 11.8 Å².